The number of carbonyl (C=O) groups excluding carboxylic acids is 2. The van der Waals surface area contributed by atoms with Crippen LogP contribution >= 0.6 is 11.6 Å². The van der Waals surface area contributed by atoms with E-state index in [4.69, 9.17) is 21.1 Å². The zero-order valence-corrected chi connectivity index (χ0v) is 30.5. The molecule has 9 heteroatoms. The number of carbonyl (C=O) groups is 2. The number of hydrogen-bond donors (Lipinski definition) is 0. The Balaban J connectivity index is 1.56. The predicted octanol–water partition coefficient (Wildman–Crippen LogP) is 8.23. The molecule has 1 heterocycles. The molecule has 1 spiro atoms. The third-order valence-electron chi connectivity index (χ3n) is 11.1. The lowest BCUT2D eigenvalue weighted by molar-refractivity contribution is -0.116. The van der Waals surface area contributed by atoms with Crippen molar-refractivity contribution in [3.05, 3.63) is 83.4 Å². The molecule has 1 fully saturated rings. The summed E-state index contributed by atoms with van der Waals surface area (Å²) in [7, 11) is -1.45. The van der Waals surface area contributed by atoms with Crippen molar-refractivity contribution in [2.75, 3.05) is 37.5 Å². The highest BCUT2D eigenvalue weighted by atomic mass is 35.5. The van der Waals surface area contributed by atoms with Gasteiger partial charge < -0.3 is 14.4 Å². The smallest absolute Gasteiger partial charge is 0.285 e. The van der Waals surface area contributed by atoms with Crippen molar-refractivity contribution >= 4 is 38.7 Å². The van der Waals surface area contributed by atoms with E-state index in [0.29, 0.717) is 36.2 Å². The Kier molecular flexibility index (Phi) is 11.6. The molecular weight excluding hydrogens is 644 g/mol. The molecule has 2 aromatic carbocycles. The summed E-state index contributed by atoms with van der Waals surface area (Å²) >= 11 is 6.44. The summed E-state index contributed by atoms with van der Waals surface area (Å²) in [5.41, 5.74) is 3.45. The Hall–Kier alpha value is -2.94. The van der Waals surface area contributed by atoms with E-state index in [1.807, 2.05) is 38.1 Å². The van der Waals surface area contributed by atoms with Gasteiger partial charge in [-0.15, -0.1) is 13.2 Å². The number of Topliss-reactive ketones (excluding diaryl/α,β-unsaturated/α-hetero) is 1. The summed E-state index contributed by atoms with van der Waals surface area (Å²) in [6, 6.07) is 11.6. The minimum Gasteiger partial charge on any atom is -0.490 e. The number of nitrogens with zero attached hydrogens (tertiary/aromatic N) is 2. The molecule has 0 bridgehead atoms. The van der Waals surface area contributed by atoms with Crippen LogP contribution in [0.4, 0.5) is 5.69 Å². The molecule has 7 nitrogen and oxygen atoms in total. The van der Waals surface area contributed by atoms with Crippen LogP contribution in [-0.2, 0) is 31.1 Å². The zero-order chi connectivity index (χ0) is 34.6. The molecule has 2 aromatic rings. The van der Waals surface area contributed by atoms with Crippen molar-refractivity contribution in [1.29, 1.82) is 0 Å². The second kappa shape index (κ2) is 15.3. The third kappa shape index (κ3) is 7.46. The van der Waals surface area contributed by atoms with Crippen LogP contribution < -0.4 is 9.64 Å². The normalized spacial score (nSPS) is 24.7. The van der Waals surface area contributed by atoms with E-state index >= 15 is 0 Å². The van der Waals surface area contributed by atoms with Crippen molar-refractivity contribution in [3.63, 3.8) is 0 Å². The quantitative estimate of drug-likeness (QED) is 0.197. The monoisotopic (exact) mass is 694 g/mol. The molecule has 1 saturated carbocycles. The Bertz CT molecular complexity index is 1670. The Morgan fingerprint density at radius 1 is 1.21 bits per heavy atom. The molecule has 0 N–H and O–H groups in total. The Labute approximate surface area is 292 Å². The van der Waals surface area contributed by atoms with Crippen molar-refractivity contribution < 1.29 is 23.3 Å². The second-order valence-electron chi connectivity index (χ2n) is 14.1. The largest absolute Gasteiger partial charge is 0.490 e. The van der Waals surface area contributed by atoms with Crippen LogP contribution in [0, 0.1) is 17.8 Å². The fourth-order valence-electron chi connectivity index (χ4n) is 7.82. The van der Waals surface area contributed by atoms with Crippen molar-refractivity contribution in [3.8, 4) is 5.75 Å². The summed E-state index contributed by atoms with van der Waals surface area (Å²) in [5.74, 6) is 0.401. The van der Waals surface area contributed by atoms with Gasteiger partial charge in [-0.2, -0.15) is 4.36 Å². The van der Waals surface area contributed by atoms with Crippen LogP contribution in [0.2, 0.25) is 5.02 Å². The molecule has 0 saturated heterocycles. The van der Waals surface area contributed by atoms with Gasteiger partial charge in [-0.25, -0.2) is 4.21 Å². The first-order valence-electron chi connectivity index (χ1n) is 17.3. The van der Waals surface area contributed by atoms with Gasteiger partial charge in [-0.1, -0.05) is 43.7 Å². The van der Waals surface area contributed by atoms with Crippen molar-refractivity contribution in [2.45, 2.75) is 82.5 Å². The number of hydrogen-bond acceptors (Lipinski definition) is 6. The SMILES string of the molecule is C=CC[C@H](C)[C@@H](C)[S@@](=O)(CC(=O)CC)=NC(=O)c1ccc2c(c1)N(C[C@@H]1CC[C@H]1[C@H](C=C)OC)C[C@@]1(CCCc3cc(Cl)ccc31)CO2. The number of halogens is 1. The lowest BCUT2D eigenvalue weighted by atomic mass is 9.68. The lowest BCUT2D eigenvalue weighted by Crippen LogP contribution is -2.49. The first-order chi connectivity index (χ1) is 23.0. The van der Waals surface area contributed by atoms with Crippen LogP contribution in [0.1, 0.15) is 80.8 Å². The van der Waals surface area contributed by atoms with Gasteiger partial charge in [-0.05, 0) is 105 Å². The predicted molar refractivity (Wildman–Crippen MR) is 196 cm³/mol. The average Bonchev–Trinajstić information content (AvgIpc) is 3.21. The molecule has 1 amide bonds. The number of anilines is 1. The summed E-state index contributed by atoms with van der Waals surface area (Å²) in [5, 5.41) is 0.273. The topological polar surface area (TPSA) is 85.3 Å². The van der Waals surface area contributed by atoms with Gasteiger partial charge in [0.15, 0.2) is 0 Å². The zero-order valence-electron chi connectivity index (χ0n) is 28.9. The third-order valence-corrected chi connectivity index (χ3v) is 14.1. The number of rotatable bonds is 13. The minimum absolute atomic E-state index is 0.0193. The maximum absolute atomic E-state index is 14.3. The van der Waals surface area contributed by atoms with Gasteiger partial charge in [0, 0.05) is 47.9 Å². The van der Waals surface area contributed by atoms with E-state index in [1.165, 1.54) is 11.1 Å². The number of fused-ring (bicyclic) bond motifs is 3. The maximum Gasteiger partial charge on any atom is 0.285 e. The molecule has 0 radical (unpaired) electrons. The summed E-state index contributed by atoms with van der Waals surface area (Å²) < 4.78 is 31.1. The summed E-state index contributed by atoms with van der Waals surface area (Å²) in [6.45, 7) is 15.4. The minimum atomic E-state index is -3.19. The fourth-order valence-corrected chi connectivity index (χ4v) is 10.4. The molecular formula is C39H51ClN2O5S. The molecule has 0 unspecified atom stereocenters. The van der Waals surface area contributed by atoms with Gasteiger partial charge in [0.1, 0.15) is 11.5 Å². The Morgan fingerprint density at radius 2 is 2.00 bits per heavy atom. The average molecular weight is 695 g/mol. The first kappa shape index (κ1) is 36.3. The van der Waals surface area contributed by atoms with Crippen LogP contribution in [0.5, 0.6) is 5.75 Å². The maximum atomic E-state index is 14.3. The molecule has 0 aromatic heterocycles. The fraction of sp³-hybridized carbons (Fsp3) is 0.538. The molecule has 1 aliphatic heterocycles. The molecule has 260 valence electrons. The number of aryl methyl sites for hydroxylation is 1. The van der Waals surface area contributed by atoms with Crippen LogP contribution in [0.15, 0.2) is 66.1 Å². The second-order valence-corrected chi connectivity index (χ2v) is 17.1. The first-order valence-corrected chi connectivity index (χ1v) is 19.5. The van der Waals surface area contributed by atoms with Gasteiger partial charge in [0.05, 0.1) is 33.9 Å². The highest BCUT2D eigenvalue weighted by Crippen LogP contribution is 2.47. The van der Waals surface area contributed by atoms with Gasteiger partial charge >= 0.3 is 0 Å². The molecule has 7 atom stereocenters. The van der Waals surface area contributed by atoms with Gasteiger partial charge in [0.2, 0.25) is 0 Å². The number of allylic oxidation sites excluding steroid dienone is 1. The van der Waals surface area contributed by atoms with Crippen LogP contribution in [0.3, 0.4) is 0 Å². The number of ketones is 1. The standard InChI is InChI=1S/C39H51ClN2O5S/c1-7-11-26(4)27(5)48(45,23-32(43)8-2)41-38(44)29-14-18-37-35(21-29)42(22-30-13-16-33(30)36(9-3)46-6)24-39(25-47-37)19-10-12-28-20-31(40)15-17-34(28)39/h7,9,14-15,17-18,20-21,26-27,30,33,36H,1,3,8,10-13,16,19,22-25H2,2,4-6H3/t26-,27+,30-,33+,36-,39-,48-/m0/s1. The van der Waals surface area contributed by atoms with Gasteiger partial charge in [-0.3, -0.25) is 9.59 Å². The van der Waals surface area contributed by atoms with Crippen molar-refractivity contribution in [2.24, 2.45) is 22.1 Å². The molecule has 48 heavy (non-hydrogen) atoms. The number of methoxy groups -OCH3 is 1. The molecule has 5 rings (SSSR count). The number of ether oxygens (including phenoxy) is 2. The lowest BCUT2D eigenvalue weighted by Gasteiger charge is -2.46. The number of amides is 1. The number of benzene rings is 2. The van der Waals surface area contributed by atoms with E-state index in [2.05, 4.69) is 34.6 Å². The van der Waals surface area contributed by atoms with Crippen LogP contribution in [-0.4, -0.2) is 59.8 Å². The van der Waals surface area contributed by atoms with Crippen molar-refractivity contribution in [1.82, 2.24) is 0 Å². The molecule has 2 aliphatic carbocycles. The van der Waals surface area contributed by atoms with Crippen LogP contribution in [0.25, 0.3) is 0 Å². The van der Waals surface area contributed by atoms with E-state index in [1.54, 1.807) is 26.2 Å². The summed E-state index contributed by atoms with van der Waals surface area (Å²) in [6.07, 6.45) is 9.64. The van der Waals surface area contributed by atoms with Gasteiger partial charge in [0.25, 0.3) is 5.91 Å². The highest BCUT2D eigenvalue weighted by molar-refractivity contribution is 7.95. The van der Waals surface area contributed by atoms with E-state index in [9.17, 15) is 13.8 Å². The van der Waals surface area contributed by atoms with E-state index in [-0.39, 0.29) is 35.4 Å². The van der Waals surface area contributed by atoms with E-state index in [0.717, 1.165) is 55.9 Å². The molecule has 3 aliphatic rings. The highest BCUT2D eigenvalue weighted by Gasteiger charge is 2.44. The van der Waals surface area contributed by atoms with E-state index < -0.39 is 20.9 Å². The summed E-state index contributed by atoms with van der Waals surface area (Å²) in [4.78, 5) is 28.9. The Morgan fingerprint density at radius 3 is 2.67 bits per heavy atom.